The Balaban J connectivity index is 2.43. The normalized spacial score (nSPS) is 24.9. The van der Waals surface area contributed by atoms with Gasteiger partial charge in [0, 0.05) is 19.7 Å². The Kier molecular flexibility index (Phi) is 4.95. The van der Waals surface area contributed by atoms with E-state index in [1.807, 2.05) is 13.8 Å². The smallest absolute Gasteiger partial charge is 0.317 e. The van der Waals surface area contributed by atoms with Gasteiger partial charge in [-0.05, 0) is 27.2 Å². The molecule has 1 saturated heterocycles. The largest absolute Gasteiger partial charge is 0.481 e. The first-order chi connectivity index (χ1) is 8.39. The first kappa shape index (κ1) is 14.8. The van der Waals surface area contributed by atoms with Crippen molar-refractivity contribution in [1.29, 1.82) is 0 Å². The molecule has 0 spiro atoms. The Morgan fingerprint density at radius 1 is 1.56 bits per heavy atom. The van der Waals surface area contributed by atoms with Gasteiger partial charge in [-0.25, -0.2) is 4.79 Å². The average Bonchev–Trinajstić information content (AvgIpc) is 2.71. The molecule has 0 aromatic carbocycles. The molecule has 18 heavy (non-hydrogen) atoms. The predicted molar refractivity (Wildman–Crippen MR) is 66.4 cm³/mol. The summed E-state index contributed by atoms with van der Waals surface area (Å²) < 4.78 is 5.21. The van der Waals surface area contributed by atoms with Crippen LogP contribution in [-0.4, -0.2) is 54.4 Å². The maximum Gasteiger partial charge on any atom is 0.317 e. The second-order valence-corrected chi connectivity index (χ2v) is 5.05. The van der Waals surface area contributed by atoms with Crippen molar-refractivity contribution < 1.29 is 19.4 Å². The molecule has 1 aliphatic rings. The van der Waals surface area contributed by atoms with Crippen LogP contribution < -0.4 is 5.32 Å². The standard InChI is InChI=1S/C12H22N2O4/c1-4-18-7-9(2)13-11(17)14-6-5-12(3,8-14)10(15)16/h9H,4-8H2,1-3H3,(H,13,17)(H,15,16)/t9-,12?/m0/s1. The van der Waals surface area contributed by atoms with Crippen LogP contribution in [0.2, 0.25) is 0 Å². The van der Waals surface area contributed by atoms with Crippen molar-refractivity contribution in [2.75, 3.05) is 26.3 Å². The van der Waals surface area contributed by atoms with Gasteiger partial charge < -0.3 is 20.1 Å². The van der Waals surface area contributed by atoms with Crippen LogP contribution in [0.1, 0.15) is 27.2 Å². The van der Waals surface area contributed by atoms with Crippen LogP contribution in [0.4, 0.5) is 4.79 Å². The third kappa shape index (κ3) is 3.60. The fraction of sp³-hybridized carbons (Fsp3) is 0.833. The van der Waals surface area contributed by atoms with Crippen molar-refractivity contribution in [1.82, 2.24) is 10.2 Å². The number of rotatable bonds is 5. The predicted octanol–water partition coefficient (Wildman–Crippen LogP) is 0.918. The van der Waals surface area contributed by atoms with E-state index < -0.39 is 11.4 Å². The van der Waals surface area contributed by atoms with Crippen LogP contribution in [0.5, 0.6) is 0 Å². The van der Waals surface area contributed by atoms with E-state index in [0.29, 0.717) is 26.2 Å². The molecular formula is C12H22N2O4. The monoisotopic (exact) mass is 258 g/mol. The number of carboxylic acids is 1. The number of hydrogen-bond acceptors (Lipinski definition) is 3. The molecule has 6 nitrogen and oxygen atoms in total. The van der Waals surface area contributed by atoms with Gasteiger partial charge in [-0.3, -0.25) is 4.79 Å². The highest BCUT2D eigenvalue weighted by molar-refractivity contribution is 5.79. The minimum atomic E-state index is -0.847. The molecule has 0 aromatic rings. The number of carbonyl (C=O) groups excluding carboxylic acids is 1. The summed E-state index contributed by atoms with van der Waals surface area (Å²) in [5, 5.41) is 11.9. The van der Waals surface area contributed by atoms with Crippen LogP contribution in [0.3, 0.4) is 0 Å². The van der Waals surface area contributed by atoms with E-state index in [4.69, 9.17) is 9.84 Å². The van der Waals surface area contributed by atoms with Gasteiger partial charge in [-0.1, -0.05) is 0 Å². The maximum atomic E-state index is 11.9. The number of nitrogens with zero attached hydrogens (tertiary/aromatic N) is 1. The van der Waals surface area contributed by atoms with Crippen LogP contribution in [0.15, 0.2) is 0 Å². The number of carbonyl (C=O) groups is 2. The number of urea groups is 1. The second kappa shape index (κ2) is 6.04. The lowest BCUT2D eigenvalue weighted by Gasteiger charge is -2.22. The maximum absolute atomic E-state index is 11.9. The molecule has 1 rings (SSSR count). The average molecular weight is 258 g/mol. The summed E-state index contributed by atoms with van der Waals surface area (Å²) >= 11 is 0. The third-order valence-electron chi connectivity index (χ3n) is 3.22. The van der Waals surface area contributed by atoms with E-state index in [-0.39, 0.29) is 18.6 Å². The summed E-state index contributed by atoms with van der Waals surface area (Å²) in [6.45, 7) is 7.25. The Hall–Kier alpha value is -1.30. The highest BCUT2D eigenvalue weighted by Crippen LogP contribution is 2.29. The highest BCUT2D eigenvalue weighted by atomic mass is 16.5. The Morgan fingerprint density at radius 3 is 2.72 bits per heavy atom. The first-order valence-electron chi connectivity index (χ1n) is 6.25. The molecule has 0 radical (unpaired) electrons. The van der Waals surface area contributed by atoms with Crippen LogP contribution in [-0.2, 0) is 9.53 Å². The highest BCUT2D eigenvalue weighted by Gasteiger charge is 2.42. The zero-order chi connectivity index (χ0) is 13.8. The lowest BCUT2D eigenvalue weighted by molar-refractivity contribution is -0.147. The van der Waals surface area contributed by atoms with E-state index in [2.05, 4.69) is 5.32 Å². The zero-order valence-electron chi connectivity index (χ0n) is 11.2. The molecule has 1 fully saturated rings. The molecule has 0 bridgehead atoms. The molecule has 0 saturated carbocycles. The minimum absolute atomic E-state index is 0.0749. The molecule has 1 aliphatic heterocycles. The Morgan fingerprint density at radius 2 is 2.22 bits per heavy atom. The van der Waals surface area contributed by atoms with Gasteiger partial charge in [0.25, 0.3) is 0 Å². The number of hydrogen-bond donors (Lipinski definition) is 2. The van der Waals surface area contributed by atoms with E-state index in [0.717, 1.165) is 0 Å². The SMILES string of the molecule is CCOC[C@H](C)NC(=O)N1CCC(C)(C(=O)O)C1. The van der Waals surface area contributed by atoms with Crippen molar-refractivity contribution in [3.8, 4) is 0 Å². The number of likely N-dealkylation sites (tertiary alicyclic amines) is 1. The van der Waals surface area contributed by atoms with Gasteiger partial charge >= 0.3 is 12.0 Å². The van der Waals surface area contributed by atoms with Crippen molar-refractivity contribution in [3.63, 3.8) is 0 Å². The van der Waals surface area contributed by atoms with Gasteiger partial charge in [0.05, 0.1) is 18.1 Å². The van der Waals surface area contributed by atoms with Gasteiger partial charge in [0.2, 0.25) is 0 Å². The fourth-order valence-corrected chi connectivity index (χ4v) is 1.95. The number of ether oxygens (including phenoxy) is 1. The first-order valence-corrected chi connectivity index (χ1v) is 6.25. The summed E-state index contributed by atoms with van der Waals surface area (Å²) in [6.07, 6.45) is 0.496. The molecule has 2 amide bonds. The van der Waals surface area contributed by atoms with Crippen LogP contribution >= 0.6 is 0 Å². The molecule has 0 aromatic heterocycles. The quantitative estimate of drug-likeness (QED) is 0.768. The van der Waals surface area contributed by atoms with Gasteiger partial charge in [-0.15, -0.1) is 0 Å². The molecule has 2 N–H and O–H groups in total. The molecule has 0 aliphatic carbocycles. The van der Waals surface area contributed by atoms with Crippen molar-refractivity contribution in [2.24, 2.45) is 5.41 Å². The molecule has 104 valence electrons. The van der Waals surface area contributed by atoms with E-state index in [9.17, 15) is 9.59 Å². The number of nitrogens with one attached hydrogen (secondary N) is 1. The Bertz CT molecular complexity index is 321. The van der Waals surface area contributed by atoms with E-state index in [1.54, 1.807) is 11.8 Å². The molecule has 2 atom stereocenters. The van der Waals surface area contributed by atoms with Crippen molar-refractivity contribution in [2.45, 2.75) is 33.2 Å². The van der Waals surface area contributed by atoms with Gasteiger partial charge in [-0.2, -0.15) is 0 Å². The second-order valence-electron chi connectivity index (χ2n) is 5.05. The van der Waals surface area contributed by atoms with Gasteiger partial charge in [0.1, 0.15) is 0 Å². The topological polar surface area (TPSA) is 78.9 Å². The molecule has 1 heterocycles. The molecular weight excluding hydrogens is 236 g/mol. The summed E-state index contributed by atoms with van der Waals surface area (Å²) in [4.78, 5) is 24.5. The molecule has 6 heteroatoms. The number of amides is 2. The summed E-state index contributed by atoms with van der Waals surface area (Å²) in [5.41, 5.74) is -0.819. The molecule has 1 unspecified atom stereocenters. The van der Waals surface area contributed by atoms with E-state index in [1.165, 1.54) is 0 Å². The fourth-order valence-electron chi connectivity index (χ4n) is 1.95. The Labute approximate surface area is 107 Å². The van der Waals surface area contributed by atoms with E-state index >= 15 is 0 Å². The van der Waals surface area contributed by atoms with Gasteiger partial charge in [0.15, 0.2) is 0 Å². The summed E-state index contributed by atoms with van der Waals surface area (Å²) in [6, 6.07) is -0.290. The lowest BCUT2D eigenvalue weighted by Crippen LogP contribution is -2.45. The third-order valence-corrected chi connectivity index (χ3v) is 3.22. The lowest BCUT2D eigenvalue weighted by atomic mass is 9.90. The van der Waals surface area contributed by atoms with Crippen molar-refractivity contribution in [3.05, 3.63) is 0 Å². The number of aliphatic carboxylic acids is 1. The minimum Gasteiger partial charge on any atom is -0.481 e. The van der Waals surface area contributed by atoms with Crippen molar-refractivity contribution >= 4 is 12.0 Å². The summed E-state index contributed by atoms with van der Waals surface area (Å²) in [5.74, 6) is -0.847. The van der Waals surface area contributed by atoms with Crippen LogP contribution in [0, 0.1) is 5.41 Å². The number of carboxylic acid groups (broad SMARTS) is 1. The summed E-state index contributed by atoms with van der Waals surface area (Å²) in [7, 11) is 0. The van der Waals surface area contributed by atoms with Crippen LogP contribution in [0.25, 0.3) is 0 Å². The zero-order valence-corrected chi connectivity index (χ0v) is 11.2.